The minimum Gasteiger partial charge on any atom is -0.496 e. The fourth-order valence-electron chi connectivity index (χ4n) is 2.58. The third-order valence-electron chi connectivity index (χ3n) is 4.05. The van der Waals surface area contributed by atoms with E-state index in [0.29, 0.717) is 25.6 Å². The number of methoxy groups -OCH3 is 1. The standard InChI is InChI=1S/C21H28N2O3/c1-16(2)18-8-6-9-19(15-18)26-14-13-23-21(24)22-12-11-17-7-4-5-10-20(17)25-3/h4-10,15-16H,11-14H2,1-3H3,(H2,22,23,24). The SMILES string of the molecule is COc1ccccc1CCNC(=O)NCCOc1cccc(C(C)C)c1. The Balaban J connectivity index is 1.64. The van der Waals surface area contributed by atoms with Crippen molar-refractivity contribution in [3.8, 4) is 11.5 Å². The van der Waals surface area contributed by atoms with Crippen molar-refractivity contribution in [1.82, 2.24) is 10.6 Å². The molecule has 0 aliphatic heterocycles. The zero-order valence-electron chi connectivity index (χ0n) is 15.7. The van der Waals surface area contributed by atoms with E-state index in [2.05, 4.69) is 30.5 Å². The number of benzene rings is 2. The van der Waals surface area contributed by atoms with Crippen molar-refractivity contribution in [2.75, 3.05) is 26.8 Å². The molecule has 2 rings (SSSR count). The Labute approximate surface area is 155 Å². The van der Waals surface area contributed by atoms with Crippen LogP contribution in [0.25, 0.3) is 0 Å². The first-order chi connectivity index (χ1) is 12.6. The molecule has 0 spiro atoms. The van der Waals surface area contributed by atoms with Gasteiger partial charge in [0, 0.05) is 6.54 Å². The first kappa shape index (κ1) is 19.6. The minimum absolute atomic E-state index is 0.195. The molecule has 26 heavy (non-hydrogen) atoms. The maximum Gasteiger partial charge on any atom is 0.314 e. The van der Waals surface area contributed by atoms with Gasteiger partial charge in [-0.25, -0.2) is 4.79 Å². The normalized spacial score (nSPS) is 10.5. The molecule has 0 saturated heterocycles. The molecule has 0 aliphatic rings. The number of nitrogens with one attached hydrogen (secondary N) is 2. The Morgan fingerprint density at radius 3 is 2.58 bits per heavy atom. The second kappa shape index (κ2) is 10.3. The minimum atomic E-state index is -0.195. The number of ether oxygens (including phenoxy) is 2. The van der Waals surface area contributed by atoms with Crippen LogP contribution >= 0.6 is 0 Å². The average Bonchev–Trinajstić information content (AvgIpc) is 2.66. The third kappa shape index (κ3) is 6.31. The lowest BCUT2D eigenvalue weighted by Gasteiger charge is -2.12. The number of hydrogen-bond acceptors (Lipinski definition) is 3. The van der Waals surface area contributed by atoms with Gasteiger partial charge in [-0.05, 0) is 41.7 Å². The maximum atomic E-state index is 11.8. The van der Waals surface area contributed by atoms with E-state index in [9.17, 15) is 4.79 Å². The number of urea groups is 1. The summed E-state index contributed by atoms with van der Waals surface area (Å²) in [6, 6.07) is 15.7. The summed E-state index contributed by atoms with van der Waals surface area (Å²) in [6.45, 7) is 5.73. The summed E-state index contributed by atoms with van der Waals surface area (Å²) in [5.74, 6) is 2.13. The summed E-state index contributed by atoms with van der Waals surface area (Å²) in [4.78, 5) is 11.8. The van der Waals surface area contributed by atoms with Gasteiger partial charge in [0.1, 0.15) is 18.1 Å². The molecule has 2 N–H and O–H groups in total. The Bertz CT molecular complexity index is 701. The second-order valence-electron chi connectivity index (χ2n) is 6.32. The highest BCUT2D eigenvalue weighted by atomic mass is 16.5. The molecule has 0 unspecified atom stereocenters. The molecule has 0 aliphatic carbocycles. The average molecular weight is 356 g/mol. The van der Waals surface area contributed by atoms with Crippen molar-refractivity contribution in [3.63, 3.8) is 0 Å². The summed E-state index contributed by atoms with van der Waals surface area (Å²) in [5, 5.41) is 5.64. The highest BCUT2D eigenvalue weighted by Gasteiger charge is 2.04. The van der Waals surface area contributed by atoms with Gasteiger partial charge < -0.3 is 20.1 Å². The topological polar surface area (TPSA) is 59.6 Å². The Morgan fingerprint density at radius 1 is 1.04 bits per heavy atom. The predicted molar refractivity (Wildman–Crippen MR) is 104 cm³/mol. The number of para-hydroxylation sites is 1. The van der Waals surface area contributed by atoms with Gasteiger partial charge >= 0.3 is 6.03 Å². The van der Waals surface area contributed by atoms with Gasteiger partial charge in [0.05, 0.1) is 13.7 Å². The predicted octanol–water partition coefficient (Wildman–Crippen LogP) is 3.74. The van der Waals surface area contributed by atoms with Gasteiger partial charge in [-0.3, -0.25) is 0 Å². The number of amides is 2. The van der Waals surface area contributed by atoms with Crippen LogP contribution in [0.1, 0.15) is 30.9 Å². The third-order valence-corrected chi connectivity index (χ3v) is 4.05. The number of hydrogen-bond donors (Lipinski definition) is 2. The first-order valence-corrected chi connectivity index (χ1v) is 8.96. The summed E-state index contributed by atoms with van der Waals surface area (Å²) in [6.07, 6.45) is 0.718. The van der Waals surface area contributed by atoms with Crippen LogP contribution in [0.3, 0.4) is 0 Å². The monoisotopic (exact) mass is 356 g/mol. The molecule has 2 aromatic carbocycles. The fraction of sp³-hybridized carbons (Fsp3) is 0.381. The van der Waals surface area contributed by atoms with Crippen molar-refractivity contribution in [1.29, 1.82) is 0 Å². The zero-order chi connectivity index (χ0) is 18.8. The molecule has 5 nitrogen and oxygen atoms in total. The van der Waals surface area contributed by atoms with Gasteiger partial charge in [-0.1, -0.05) is 44.2 Å². The molecule has 0 saturated carbocycles. The van der Waals surface area contributed by atoms with E-state index >= 15 is 0 Å². The van der Waals surface area contributed by atoms with Crippen LogP contribution in [0, 0.1) is 0 Å². The van der Waals surface area contributed by atoms with E-state index in [1.807, 2.05) is 42.5 Å². The second-order valence-corrected chi connectivity index (χ2v) is 6.32. The maximum absolute atomic E-state index is 11.8. The lowest BCUT2D eigenvalue weighted by atomic mass is 10.0. The van der Waals surface area contributed by atoms with E-state index < -0.39 is 0 Å². The fourth-order valence-corrected chi connectivity index (χ4v) is 2.58. The molecule has 2 aromatic rings. The molecule has 5 heteroatoms. The van der Waals surface area contributed by atoms with E-state index in [-0.39, 0.29) is 6.03 Å². The van der Waals surface area contributed by atoms with Gasteiger partial charge in [0.2, 0.25) is 0 Å². The van der Waals surface area contributed by atoms with Crippen molar-refractivity contribution in [2.24, 2.45) is 0 Å². The molecular formula is C21H28N2O3. The number of carbonyl (C=O) groups is 1. The van der Waals surface area contributed by atoms with Crippen LogP contribution in [0.5, 0.6) is 11.5 Å². The highest BCUT2D eigenvalue weighted by molar-refractivity contribution is 5.73. The largest absolute Gasteiger partial charge is 0.496 e. The summed E-state index contributed by atoms with van der Waals surface area (Å²) < 4.78 is 11.0. The van der Waals surface area contributed by atoms with E-state index in [1.54, 1.807) is 7.11 Å². The summed E-state index contributed by atoms with van der Waals surface area (Å²) >= 11 is 0. The van der Waals surface area contributed by atoms with E-state index in [1.165, 1.54) is 5.56 Å². The molecule has 0 heterocycles. The van der Waals surface area contributed by atoms with Crippen LogP contribution in [-0.4, -0.2) is 32.8 Å². The van der Waals surface area contributed by atoms with E-state index in [0.717, 1.165) is 23.5 Å². The zero-order valence-corrected chi connectivity index (χ0v) is 15.7. The van der Waals surface area contributed by atoms with Crippen LogP contribution in [-0.2, 0) is 6.42 Å². The molecule has 0 bridgehead atoms. The number of rotatable bonds is 9. The lowest BCUT2D eigenvalue weighted by molar-refractivity contribution is 0.236. The Hall–Kier alpha value is -2.69. The van der Waals surface area contributed by atoms with Gasteiger partial charge in [-0.2, -0.15) is 0 Å². The Morgan fingerprint density at radius 2 is 1.81 bits per heavy atom. The quantitative estimate of drug-likeness (QED) is 0.673. The molecular weight excluding hydrogens is 328 g/mol. The number of carbonyl (C=O) groups excluding carboxylic acids is 1. The summed E-state index contributed by atoms with van der Waals surface area (Å²) in [7, 11) is 1.65. The Kier molecular flexibility index (Phi) is 7.80. The molecule has 2 amide bonds. The van der Waals surface area contributed by atoms with Crippen molar-refractivity contribution in [2.45, 2.75) is 26.2 Å². The highest BCUT2D eigenvalue weighted by Crippen LogP contribution is 2.20. The van der Waals surface area contributed by atoms with Crippen molar-refractivity contribution >= 4 is 6.03 Å². The van der Waals surface area contributed by atoms with Crippen LogP contribution < -0.4 is 20.1 Å². The van der Waals surface area contributed by atoms with Crippen LogP contribution in [0.4, 0.5) is 4.79 Å². The summed E-state index contributed by atoms with van der Waals surface area (Å²) in [5.41, 5.74) is 2.31. The smallest absolute Gasteiger partial charge is 0.314 e. The molecule has 140 valence electrons. The van der Waals surface area contributed by atoms with E-state index in [4.69, 9.17) is 9.47 Å². The van der Waals surface area contributed by atoms with Crippen LogP contribution in [0.15, 0.2) is 48.5 Å². The molecule has 0 fully saturated rings. The molecule has 0 atom stereocenters. The van der Waals surface area contributed by atoms with Crippen molar-refractivity contribution < 1.29 is 14.3 Å². The van der Waals surface area contributed by atoms with Crippen molar-refractivity contribution in [3.05, 3.63) is 59.7 Å². The van der Waals surface area contributed by atoms with Gasteiger partial charge in [0.15, 0.2) is 0 Å². The first-order valence-electron chi connectivity index (χ1n) is 8.96. The van der Waals surface area contributed by atoms with Crippen LogP contribution in [0.2, 0.25) is 0 Å². The van der Waals surface area contributed by atoms with Gasteiger partial charge in [0.25, 0.3) is 0 Å². The molecule has 0 aromatic heterocycles. The van der Waals surface area contributed by atoms with Gasteiger partial charge in [-0.15, -0.1) is 0 Å². The lowest BCUT2D eigenvalue weighted by Crippen LogP contribution is -2.38. The molecule has 0 radical (unpaired) electrons.